The number of hydrogen-bond donors (Lipinski definition) is 2. The van der Waals surface area contributed by atoms with Crippen molar-refractivity contribution in [2.24, 2.45) is 0 Å². The molecule has 1 saturated heterocycles. The first-order chi connectivity index (χ1) is 15.4. The Hall–Kier alpha value is -2.77. The van der Waals surface area contributed by atoms with E-state index in [0.717, 1.165) is 34.1 Å². The highest BCUT2D eigenvalue weighted by Crippen LogP contribution is 2.45. The molecule has 32 heavy (non-hydrogen) atoms. The van der Waals surface area contributed by atoms with Crippen LogP contribution in [0.1, 0.15) is 29.3 Å². The van der Waals surface area contributed by atoms with E-state index >= 15 is 0 Å². The number of aliphatic carboxylic acids is 1. The number of fused-ring (bicyclic) bond motifs is 1. The van der Waals surface area contributed by atoms with Crippen molar-refractivity contribution >= 4 is 51.8 Å². The minimum Gasteiger partial charge on any atom is -0.481 e. The molecule has 0 bridgehead atoms. The van der Waals surface area contributed by atoms with Gasteiger partial charge in [0.15, 0.2) is 0 Å². The molecule has 2 unspecified atom stereocenters. The molecule has 1 amide bonds. The van der Waals surface area contributed by atoms with Gasteiger partial charge in [0.1, 0.15) is 5.37 Å². The lowest BCUT2D eigenvalue weighted by Gasteiger charge is -2.25. The average Bonchev–Trinajstić information content (AvgIpc) is 3.06. The summed E-state index contributed by atoms with van der Waals surface area (Å²) in [7, 11) is 0. The molecular formula is C24H24ClN3O3S. The number of rotatable bonds is 8. The molecule has 1 aromatic heterocycles. The molecule has 166 valence electrons. The first-order valence-corrected chi connectivity index (χ1v) is 11.8. The van der Waals surface area contributed by atoms with Crippen molar-refractivity contribution in [3.63, 3.8) is 0 Å². The fraction of sp³-hybridized carbons (Fsp3) is 0.292. The highest BCUT2D eigenvalue weighted by Gasteiger charge is 2.41. The monoisotopic (exact) mass is 469 g/mol. The van der Waals surface area contributed by atoms with Gasteiger partial charge in [-0.25, -0.2) is 0 Å². The van der Waals surface area contributed by atoms with E-state index in [2.05, 4.69) is 10.3 Å². The van der Waals surface area contributed by atoms with Crippen molar-refractivity contribution in [2.75, 3.05) is 18.4 Å². The molecule has 6 nitrogen and oxygen atoms in total. The maximum absolute atomic E-state index is 13.0. The van der Waals surface area contributed by atoms with Gasteiger partial charge in [-0.05, 0) is 48.7 Å². The first-order valence-electron chi connectivity index (χ1n) is 10.5. The normalized spacial score (nSPS) is 18.3. The number of carbonyl (C=O) groups is 2. The first kappa shape index (κ1) is 22.4. The molecule has 3 aromatic rings. The molecule has 2 N–H and O–H groups in total. The number of pyridine rings is 1. The van der Waals surface area contributed by atoms with Crippen LogP contribution in [0.25, 0.3) is 10.9 Å². The number of halogens is 1. The van der Waals surface area contributed by atoms with E-state index in [-0.39, 0.29) is 17.7 Å². The standard InChI is InChI=1S/C24H24ClN3O3S/c1-15-5-2-3-6-17(15)24-28(23(31)21(32-24)14-22(29)30)12-4-10-26-19-9-11-27-20-13-16(25)7-8-18(19)20/h2-3,5-9,11,13,21,24H,4,10,12,14H2,1H3,(H,26,27)(H,29,30). The lowest BCUT2D eigenvalue weighted by Crippen LogP contribution is -2.33. The van der Waals surface area contributed by atoms with E-state index in [4.69, 9.17) is 11.6 Å². The molecule has 1 aliphatic heterocycles. The number of nitrogens with zero attached hydrogens (tertiary/aromatic N) is 2. The van der Waals surface area contributed by atoms with E-state index in [1.54, 1.807) is 6.20 Å². The average molecular weight is 470 g/mol. The van der Waals surface area contributed by atoms with Crippen LogP contribution in [0.5, 0.6) is 0 Å². The van der Waals surface area contributed by atoms with E-state index in [1.165, 1.54) is 11.8 Å². The minimum absolute atomic E-state index is 0.102. The van der Waals surface area contributed by atoms with Gasteiger partial charge in [-0.3, -0.25) is 14.6 Å². The third-order valence-electron chi connectivity index (χ3n) is 5.55. The molecule has 1 fully saturated rings. The second kappa shape index (κ2) is 9.79. The molecule has 8 heteroatoms. The fourth-order valence-electron chi connectivity index (χ4n) is 3.96. The molecule has 2 heterocycles. The van der Waals surface area contributed by atoms with Crippen LogP contribution >= 0.6 is 23.4 Å². The van der Waals surface area contributed by atoms with Gasteiger partial charge in [-0.1, -0.05) is 35.9 Å². The molecule has 2 atom stereocenters. The third kappa shape index (κ3) is 4.84. The second-order valence-electron chi connectivity index (χ2n) is 7.76. The van der Waals surface area contributed by atoms with Crippen molar-refractivity contribution in [1.29, 1.82) is 0 Å². The number of aromatic nitrogens is 1. The lowest BCUT2D eigenvalue weighted by molar-refractivity contribution is -0.140. The van der Waals surface area contributed by atoms with Crippen LogP contribution in [0.3, 0.4) is 0 Å². The molecule has 2 aromatic carbocycles. The van der Waals surface area contributed by atoms with Crippen LogP contribution in [-0.2, 0) is 9.59 Å². The Bertz CT molecular complexity index is 1160. The van der Waals surface area contributed by atoms with Crippen LogP contribution < -0.4 is 5.32 Å². The predicted molar refractivity (Wildman–Crippen MR) is 129 cm³/mol. The largest absolute Gasteiger partial charge is 0.481 e. The number of carbonyl (C=O) groups excluding carboxylic acids is 1. The predicted octanol–water partition coefficient (Wildman–Crippen LogP) is 5.12. The number of hydrogen-bond acceptors (Lipinski definition) is 5. The molecular weight excluding hydrogens is 446 g/mol. The molecule has 0 aliphatic carbocycles. The number of thioether (sulfide) groups is 1. The smallest absolute Gasteiger partial charge is 0.305 e. The van der Waals surface area contributed by atoms with Gasteiger partial charge in [0.05, 0.1) is 17.2 Å². The summed E-state index contributed by atoms with van der Waals surface area (Å²) in [5.41, 5.74) is 3.94. The van der Waals surface area contributed by atoms with Gasteiger partial charge >= 0.3 is 5.97 Å². The lowest BCUT2D eigenvalue weighted by atomic mass is 10.1. The van der Waals surface area contributed by atoms with Gasteiger partial charge in [0.2, 0.25) is 5.91 Å². The maximum Gasteiger partial charge on any atom is 0.305 e. The van der Waals surface area contributed by atoms with Crippen LogP contribution in [0, 0.1) is 6.92 Å². The summed E-state index contributed by atoms with van der Waals surface area (Å²) < 4.78 is 0. The highest BCUT2D eigenvalue weighted by atomic mass is 35.5. The second-order valence-corrected chi connectivity index (χ2v) is 9.49. The van der Waals surface area contributed by atoms with Gasteiger partial charge in [-0.15, -0.1) is 11.8 Å². The fourth-order valence-corrected chi connectivity index (χ4v) is 5.70. The quantitative estimate of drug-likeness (QED) is 0.446. The maximum atomic E-state index is 13.0. The van der Waals surface area contributed by atoms with E-state index in [1.807, 2.05) is 60.4 Å². The van der Waals surface area contributed by atoms with Gasteiger partial charge < -0.3 is 15.3 Å². The summed E-state index contributed by atoms with van der Waals surface area (Å²) in [5.74, 6) is -1.05. The van der Waals surface area contributed by atoms with Crippen molar-refractivity contribution in [1.82, 2.24) is 9.88 Å². The molecule has 0 radical (unpaired) electrons. The zero-order chi connectivity index (χ0) is 22.7. The van der Waals surface area contributed by atoms with Crippen LogP contribution in [-0.4, -0.2) is 45.2 Å². The summed E-state index contributed by atoms with van der Waals surface area (Å²) in [4.78, 5) is 30.4. The van der Waals surface area contributed by atoms with Gasteiger partial charge in [0.25, 0.3) is 0 Å². The summed E-state index contributed by atoms with van der Waals surface area (Å²) >= 11 is 7.50. The highest BCUT2D eigenvalue weighted by molar-refractivity contribution is 8.01. The Morgan fingerprint density at radius 1 is 1.25 bits per heavy atom. The Morgan fingerprint density at radius 2 is 2.06 bits per heavy atom. The number of carboxylic acid groups (broad SMARTS) is 1. The number of amides is 1. The number of aryl methyl sites for hydroxylation is 1. The van der Waals surface area contributed by atoms with Crippen molar-refractivity contribution in [3.8, 4) is 0 Å². The van der Waals surface area contributed by atoms with Gasteiger partial charge in [-0.2, -0.15) is 0 Å². The molecule has 1 aliphatic rings. The van der Waals surface area contributed by atoms with Crippen LogP contribution in [0.2, 0.25) is 5.02 Å². The summed E-state index contributed by atoms with van der Waals surface area (Å²) in [6.45, 7) is 3.23. The zero-order valence-corrected chi connectivity index (χ0v) is 19.2. The SMILES string of the molecule is Cc1ccccc1C1SC(CC(=O)O)C(=O)N1CCCNc1ccnc2cc(Cl)ccc12. The van der Waals surface area contributed by atoms with E-state index < -0.39 is 11.2 Å². The summed E-state index contributed by atoms with van der Waals surface area (Å²) in [6, 6.07) is 15.5. The van der Waals surface area contributed by atoms with Gasteiger partial charge in [0, 0.05) is 35.4 Å². The third-order valence-corrected chi connectivity index (χ3v) is 7.24. The van der Waals surface area contributed by atoms with E-state index in [0.29, 0.717) is 18.1 Å². The Kier molecular flexibility index (Phi) is 6.86. The zero-order valence-electron chi connectivity index (χ0n) is 17.6. The van der Waals surface area contributed by atoms with Crippen molar-refractivity contribution in [3.05, 3.63) is 70.9 Å². The molecule has 0 spiro atoms. The summed E-state index contributed by atoms with van der Waals surface area (Å²) in [6.07, 6.45) is 2.31. The minimum atomic E-state index is -0.951. The number of anilines is 1. The number of nitrogens with one attached hydrogen (secondary N) is 1. The van der Waals surface area contributed by atoms with Crippen LogP contribution in [0.4, 0.5) is 5.69 Å². The molecule has 4 rings (SSSR count). The summed E-state index contributed by atoms with van der Waals surface area (Å²) in [5, 5.41) is 13.6. The van der Waals surface area contributed by atoms with Crippen molar-refractivity contribution in [2.45, 2.75) is 30.4 Å². The Labute approximate surface area is 196 Å². The molecule has 0 saturated carbocycles. The van der Waals surface area contributed by atoms with E-state index in [9.17, 15) is 14.7 Å². The Balaban J connectivity index is 1.45. The topological polar surface area (TPSA) is 82.5 Å². The van der Waals surface area contributed by atoms with Crippen LogP contribution in [0.15, 0.2) is 54.7 Å². The number of benzene rings is 2. The van der Waals surface area contributed by atoms with Crippen molar-refractivity contribution < 1.29 is 14.7 Å². The Morgan fingerprint density at radius 3 is 2.84 bits per heavy atom. The number of carboxylic acids is 1.